The zero-order chi connectivity index (χ0) is 15.6. The summed E-state index contributed by atoms with van der Waals surface area (Å²) in [4.78, 5) is 0. The normalized spacial score (nSPS) is 57.8. The van der Waals surface area contributed by atoms with Crippen molar-refractivity contribution in [3.8, 4) is 0 Å². The lowest BCUT2D eigenvalue weighted by Crippen LogP contribution is -2.64. The molecule has 22 heavy (non-hydrogen) atoms. The van der Waals surface area contributed by atoms with Crippen LogP contribution < -0.4 is 5.73 Å². The lowest BCUT2D eigenvalue weighted by Gasteiger charge is -2.64. The van der Waals surface area contributed by atoms with Crippen molar-refractivity contribution >= 4 is 0 Å². The van der Waals surface area contributed by atoms with Gasteiger partial charge in [-0.05, 0) is 86.4 Å². The topological polar surface area (TPSA) is 46.2 Å². The molecule has 0 radical (unpaired) electrons. The summed E-state index contributed by atoms with van der Waals surface area (Å²) in [6.45, 7) is 5.07. The standard InChI is InChI=1S/C20H35NO/c1-3-19-9-4-5-17(19)18(2)11-12-20(21)13-14(22)6-7-16(20)15(18)8-10-19/h14-17,22H,3-13,21H2,1-2H3/t14-,15-,16?,17+,18?,19?,20-/m1/s1. The number of hydrogen-bond donors (Lipinski definition) is 2. The second-order valence-corrected chi connectivity index (χ2v) is 9.59. The molecule has 0 saturated heterocycles. The van der Waals surface area contributed by atoms with Crippen molar-refractivity contribution < 1.29 is 5.11 Å². The Hall–Kier alpha value is -0.0800. The highest BCUT2D eigenvalue weighted by Crippen LogP contribution is 2.69. The van der Waals surface area contributed by atoms with Crippen LogP contribution in [0.2, 0.25) is 0 Å². The van der Waals surface area contributed by atoms with Gasteiger partial charge in [-0.25, -0.2) is 0 Å². The van der Waals surface area contributed by atoms with E-state index in [1.807, 2.05) is 0 Å². The molecule has 0 aliphatic heterocycles. The summed E-state index contributed by atoms with van der Waals surface area (Å²) in [5.74, 6) is 2.44. The van der Waals surface area contributed by atoms with Gasteiger partial charge in [-0.3, -0.25) is 0 Å². The Morgan fingerprint density at radius 3 is 2.59 bits per heavy atom. The molecule has 0 aromatic carbocycles. The van der Waals surface area contributed by atoms with Crippen LogP contribution in [0.25, 0.3) is 0 Å². The second kappa shape index (κ2) is 4.96. The fourth-order valence-electron chi connectivity index (χ4n) is 7.86. The van der Waals surface area contributed by atoms with Crippen LogP contribution in [0, 0.1) is 28.6 Å². The van der Waals surface area contributed by atoms with Gasteiger partial charge in [0.2, 0.25) is 0 Å². The Morgan fingerprint density at radius 1 is 1.00 bits per heavy atom. The highest BCUT2D eigenvalue weighted by atomic mass is 16.3. The molecule has 0 aromatic rings. The van der Waals surface area contributed by atoms with Crippen LogP contribution in [-0.2, 0) is 0 Å². The molecule has 0 amide bonds. The third-order valence-corrected chi connectivity index (χ3v) is 8.99. The van der Waals surface area contributed by atoms with Crippen LogP contribution in [0.5, 0.6) is 0 Å². The van der Waals surface area contributed by atoms with Crippen LogP contribution in [-0.4, -0.2) is 16.7 Å². The van der Waals surface area contributed by atoms with Gasteiger partial charge in [0.05, 0.1) is 6.10 Å². The molecule has 3 N–H and O–H groups in total. The molecule has 3 unspecified atom stereocenters. The predicted molar refractivity (Wildman–Crippen MR) is 90.4 cm³/mol. The molecule has 4 aliphatic carbocycles. The SMILES string of the molecule is CCC12CCC[C@H]1C1(C)CC[C@@]3(N)C[C@H](O)CCC3[C@H]1CC2. The van der Waals surface area contributed by atoms with E-state index in [1.54, 1.807) is 0 Å². The molecule has 0 heterocycles. The van der Waals surface area contributed by atoms with Gasteiger partial charge in [0.25, 0.3) is 0 Å². The first-order chi connectivity index (χ1) is 10.4. The van der Waals surface area contributed by atoms with E-state index in [-0.39, 0.29) is 11.6 Å². The summed E-state index contributed by atoms with van der Waals surface area (Å²) >= 11 is 0. The average Bonchev–Trinajstić information content (AvgIpc) is 2.93. The van der Waals surface area contributed by atoms with Crippen LogP contribution in [0.3, 0.4) is 0 Å². The number of hydrogen-bond acceptors (Lipinski definition) is 2. The van der Waals surface area contributed by atoms with Crippen LogP contribution in [0.1, 0.15) is 84.5 Å². The van der Waals surface area contributed by atoms with Gasteiger partial charge in [-0.1, -0.05) is 26.7 Å². The first-order valence-corrected chi connectivity index (χ1v) is 9.90. The molecule has 4 rings (SSSR count). The fourth-order valence-corrected chi connectivity index (χ4v) is 7.86. The molecule has 4 saturated carbocycles. The second-order valence-electron chi connectivity index (χ2n) is 9.59. The fraction of sp³-hybridized carbons (Fsp3) is 1.00. The van der Waals surface area contributed by atoms with Crippen molar-refractivity contribution in [1.82, 2.24) is 0 Å². The lowest BCUT2D eigenvalue weighted by molar-refractivity contribution is -0.138. The minimum absolute atomic E-state index is 0.0628. The van der Waals surface area contributed by atoms with Gasteiger partial charge in [0.1, 0.15) is 0 Å². The number of aliphatic hydroxyl groups is 1. The maximum absolute atomic E-state index is 10.1. The molecule has 0 spiro atoms. The molecule has 7 atom stereocenters. The van der Waals surface area contributed by atoms with Gasteiger partial charge < -0.3 is 10.8 Å². The summed E-state index contributed by atoms with van der Waals surface area (Å²) < 4.78 is 0. The van der Waals surface area contributed by atoms with Gasteiger partial charge in [0.15, 0.2) is 0 Å². The molecule has 0 aromatic heterocycles. The zero-order valence-electron chi connectivity index (χ0n) is 14.6. The Labute approximate surface area is 136 Å². The van der Waals surface area contributed by atoms with E-state index in [4.69, 9.17) is 5.73 Å². The molecule has 4 fully saturated rings. The molecule has 126 valence electrons. The van der Waals surface area contributed by atoms with E-state index in [0.29, 0.717) is 16.7 Å². The van der Waals surface area contributed by atoms with Crippen LogP contribution in [0.15, 0.2) is 0 Å². The molecule has 4 aliphatic rings. The summed E-state index contributed by atoms with van der Waals surface area (Å²) in [5.41, 5.74) is 7.99. The summed E-state index contributed by atoms with van der Waals surface area (Å²) in [6, 6.07) is 0. The molecule has 2 nitrogen and oxygen atoms in total. The Bertz CT molecular complexity index is 451. The lowest BCUT2D eigenvalue weighted by atomic mass is 9.42. The highest BCUT2D eigenvalue weighted by Gasteiger charge is 2.62. The maximum Gasteiger partial charge on any atom is 0.0558 e. The van der Waals surface area contributed by atoms with Crippen molar-refractivity contribution in [2.75, 3.05) is 0 Å². The molecular weight excluding hydrogens is 270 g/mol. The Balaban J connectivity index is 1.67. The summed E-state index contributed by atoms with van der Waals surface area (Å²) in [5, 5.41) is 10.1. The minimum Gasteiger partial charge on any atom is -0.393 e. The van der Waals surface area contributed by atoms with Gasteiger partial charge in [0, 0.05) is 5.54 Å². The molecule has 2 heteroatoms. The van der Waals surface area contributed by atoms with Crippen LogP contribution in [0.4, 0.5) is 0 Å². The number of fused-ring (bicyclic) bond motifs is 5. The van der Waals surface area contributed by atoms with E-state index in [1.165, 1.54) is 51.4 Å². The van der Waals surface area contributed by atoms with E-state index in [9.17, 15) is 5.11 Å². The van der Waals surface area contributed by atoms with Gasteiger partial charge in [-0.2, -0.15) is 0 Å². The zero-order valence-corrected chi connectivity index (χ0v) is 14.6. The molecule has 0 bridgehead atoms. The number of nitrogens with two attached hydrogens (primary N) is 1. The molecular formula is C20H35NO. The van der Waals surface area contributed by atoms with Crippen molar-refractivity contribution in [2.24, 2.45) is 34.3 Å². The van der Waals surface area contributed by atoms with E-state index in [2.05, 4.69) is 13.8 Å². The van der Waals surface area contributed by atoms with Crippen molar-refractivity contribution in [3.63, 3.8) is 0 Å². The monoisotopic (exact) mass is 305 g/mol. The van der Waals surface area contributed by atoms with Crippen molar-refractivity contribution in [2.45, 2.75) is 96.1 Å². The first kappa shape index (κ1) is 15.4. The number of rotatable bonds is 1. The maximum atomic E-state index is 10.1. The smallest absolute Gasteiger partial charge is 0.0558 e. The first-order valence-electron chi connectivity index (χ1n) is 9.90. The Kier molecular flexibility index (Phi) is 3.48. The largest absolute Gasteiger partial charge is 0.393 e. The average molecular weight is 306 g/mol. The minimum atomic E-state index is -0.143. The highest BCUT2D eigenvalue weighted by molar-refractivity contribution is 5.14. The van der Waals surface area contributed by atoms with Crippen molar-refractivity contribution in [1.29, 1.82) is 0 Å². The van der Waals surface area contributed by atoms with Crippen LogP contribution >= 0.6 is 0 Å². The summed E-state index contributed by atoms with van der Waals surface area (Å²) in [7, 11) is 0. The summed E-state index contributed by atoms with van der Waals surface area (Å²) in [6.07, 6.45) is 14.0. The van der Waals surface area contributed by atoms with Gasteiger partial charge >= 0.3 is 0 Å². The number of aliphatic hydroxyl groups excluding tert-OH is 1. The third-order valence-electron chi connectivity index (χ3n) is 8.99. The quantitative estimate of drug-likeness (QED) is 0.760. The predicted octanol–water partition coefficient (Wildman–Crippen LogP) is 4.25. The van der Waals surface area contributed by atoms with E-state index < -0.39 is 0 Å². The van der Waals surface area contributed by atoms with E-state index >= 15 is 0 Å². The van der Waals surface area contributed by atoms with Gasteiger partial charge in [-0.15, -0.1) is 0 Å². The third kappa shape index (κ3) is 1.92. The Morgan fingerprint density at radius 2 is 1.82 bits per heavy atom. The van der Waals surface area contributed by atoms with Crippen molar-refractivity contribution in [3.05, 3.63) is 0 Å². The van der Waals surface area contributed by atoms with E-state index in [0.717, 1.165) is 31.1 Å².